The highest BCUT2D eigenvalue weighted by Gasteiger charge is 2.38. The van der Waals surface area contributed by atoms with Crippen LogP contribution in [0.25, 0.3) is 0 Å². The summed E-state index contributed by atoms with van der Waals surface area (Å²) >= 11 is 0. The van der Waals surface area contributed by atoms with Gasteiger partial charge in [-0.2, -0.15) is 0 Å². The lowest BCUT2D eigenvalue weighted by molar-refractivity contribution is -0.362. The van der Waals surface area contributed by atoms with Crippen LogP contribution in [-0.2, 0) is 4.74 Å². The zero-order valence-corrected chi connectivity index (χ0v) is 12.6. The highest BCUT2D eigenvalue weighted by atomic mass is 16.6. The van der Waals surface area contributed by atoms with E-state index in [4.69, 9.17) is 14.2 Å². The summed E-state index contributed by atoms with van der Waals surface area (Å²) in [7, 11) is 3.03. The molecule has 2 aromatic rings. The molecule has 0 aliphatic carbocycles. The Balaban J connectivity index is 1.98. The van der Waals surface area contributed by atoms with E-state index in [1.807, 2.05) is 25.3 Å². The Bertz CT molecular complexity index is 730. The predicted molar refractivity (Wildman–Crippen MR) is 79.1 cm³/mol. The summed E-state index contributed by atoms with van der Waals surface area (Å²) in [6.45, 7) is 1.99. The van der Waals surface area contributed by atoms with Crippen molar-refractivity contribution in [1.82, 2.24) is 0 Å². The number of anilines is 1. The van der Waals surface area contributed by atoms with Crippen molar-refractivity contribution in [2.24, 2.45) is 0 Å². The van der Waals surface area contributed by atoms with Gasteiger partial charge in [-0.3, -0.25) is 0 Å². The summed E-state index contributed by atoms with van der Waals surface area (Å²) in [6.07, 6.45) is 1.25. The summed E-state index contributed by atoms with van der Waals surface area (Å²) < 4.78 is 15.9. The van der Waals surface area contributed by atoms with Gasteiger partial charge in [-0.25, -0.2) is 15.1 Å². The minimum absolute atomic E-state index is 0.391. The number of hydrogen-bond donors (Lipinski definition) is 1. The fourth-order valence-electron chi connectivity index (χ4n) is 2.51. The van der Waals surface area contributed by atoms with Gasteiger partial charge in [0.2, 0.25) is 0 Å². The summed E-state index contributed by atoms with van der Waals surface area (Å²) in [4.78, 5) is 15.2. The molecule has 6 heteroatoms. The average Bonchev–Trinajstić information content (AvgIpc) is 2.82. The van der Waals surface area contributed by atoms with Gasteiger partial charge in [0.15, 0.2) is 11.5 Å². The van der Waals surface area contributed by atoms with E-state index in [0.29, 0.717) is 17.1 Å². The van der Waals surface area contributed by atoms with Crippen molar-refractivity contribution >= 4 is 11.8 Å². The Morgan fingerprint density at radius 2 is 2.05 bits per heavy atom. The Kier molecular flexibility index (Phi) is 3.58. The first-order valence-corrected chi connectivity index (χ1v) is 6.84. The van der Waals surface area contributed by atoms with Gasteiger partial charge in [-0.15, -0.1) is 0 Å². The van der Waals surface area contributed by atoms with Gasteiger partial charge in [0.05, 0.1) is 26.0 Å². The molecule has 1 aliphatic heterocycles. The molecule has 1 atom stereocenters. The fraction of sp³-hybridized carbons (Fsp3) is 0.250. The number of ether oxygens (including phenoxy) is 3. The maximum Gasteiger partial charge on any atom is 0.346 e. The van der Waals surface area contributed by atoms with E-state index >= 15 is 0 Å². The van der Waals surface area contributed by atoms with Gasteiger partial charge in [0.1, 0.15) is 5.56 Å². The summed E-state index contributed by atoms with van der Waals surface area (Å²) in [5, 5.41) is 3.16. The zero-order valence-electron chi connectivity index (χ0n) is 12.6. The molecule has 0 fully saturated rings. The molecule has 0 bridgehead atoms. The molecule has 2 N–H and O–H groups in total. The predicted octanol–water partition coefficient (Wildman–Crippen LogP) is 2.11. The zero-order chi connectivity index (χ0) is 15.7. The number of aromatic nitrogens is 1. The number of esters is 1. The average molecular weight is 301 g/mol. The second-order valence-electron chi connectivity index (χ2n) is 4.97. The molecule has 0 amide bonds. The van der Waals surface area contributed by atoms with Crippen LogP contribution in [0.4, 0.5) is 5.82 Å². The third kappa shape index (κ3) is 2.32. The molecule has 0 saturated heterocycles. The van der Waals surface area contributed by atoms with E-state index in [2.05, 4.69) is 10.3 Å². The standard InChI is InChI=1S/C16H16N2O4/c1-9-6-7-17-12(8-9)18-15-10-4-5-11(20-2)14(21-3)13(10)16(19)22-15/h4-8,15H,1-3H3,(H,17,18)/p+1/t15-/m0/s1. The number of cyclic esters (lactones) is 1. The van der Waals surface area contributed by atoms with Gasteiger partial charge in [0.25, 0.3) is 12.0 Å². The van der Waals surface area contributed by atoms with Crippen molar-refractivity contribution in [2.75, 3.05) is 19.5 Å². The Morgan fingerprint density at radius 3 is 2.73 bits per heavy atom. The molecule has 3 rings (SSSR count). The number of carbonyl (C=O) groups is 1. The summed E-state index contributed by atoms with van der Waals surface area (Å²) in [5.74, 6) is 1.22. The van der Waals surface area contributed by atoms with Crippen LogP contribution in [0.5, 0.6) is 11.5 Å². The van der Waals surface area contributed by atoms with E-state index in [0.717, 1.165) is 16.9 Å². The smallest absolute Gasteiger partial charge is 0.346 e. The number of methoxy groups -OCH3 is 2. The molecular formula is C16H17N2O4+. The van der Waals surface area contributed by atoms with E-state index < -0.39 is 12.2 Å². The second kappa shape index (κ2) is 5.55. The van der Waals surface area contributed by atoms with Gasteiger partial charge in [-0.05, 0) is 30.7 Å². The molecular weight excluding hydrogens is 284 g/mol. The quantitative estimate of drug-likeness (QED) is 0.876. The number of carbonyl (C=O) groups excluding carboxylic acids is 1. The highest BCUT2D eigenvalue weighted by Crippen LogP contribution is 2.41. The van der Waals surface area contributed by atoms with Gasteiger partial charge in [0, 0.05) is 6.07 Å². The lowest BCUT2D eigenvalue weighted by Gasteiger charge is -2.10. The molecule has 1 aliphatic rings. The number of H-pyrrole nitrogens is 1. The molecule has 6 nitrogen and oxygen atoms in total. The number of fused-ring (bicyclic) bond motifs is 1. The van der Waals surface area contributed by atoms with Crippen molar-refractivity contribution in [3.8, 4) is 11.5 Å². The van der Waals surface area contributed by atoms with Crippen LogP contribution in [0.2, 0.25) is 0 Å². The first-order chi connectivity index (χ1) is 10.6. The van der Waals surface area contributed by atoms with E-state index in [-0.39, 0.29) is 0 Å². The van der Waals surface area contributed by atoms with Gasteiger partial charge in [-0.1, -0.05) is 0 Å². The minimum Gasteiger partial charge on any atom is -0.493 e. The van der Waals surface area contributed by atoms with E-state index in [1.54, 1.807) is 12.1 Å². The molecule has 1 aromatic carbocycles. The molecule has 22 heavy (non-hydrogen) atoms. The Hall–Kier alpha value is -2.76. The van der Waals surface area contributed by atoms with Crippen molar-refractivity contribution in [1.29, 1.82) is 0 Å². The third-order valence-electron chi connectivity index (χ3n) is 3.53. The fourth-order valence-corrected chi connectivity index (χ4v) is 2.51. The first kappa shape index (κ1) is 14.2. The topological polar surface area (TPSA) is 70.9 Å². The molecule has 0 unspecified atom stereocenters. The van der Waals surface area contributed by atoms with Crippen LogP contribution in [0.3, 0.4) is 0 Å². The molecule has 0 radical (unpaired) electrons. The summed E-state index contributed by atoms with van der Waals surface area (Å²) in [5.41, 5.74) is 2.21. The second-order valence-corrected chi connectivity index (χ2v) is 4.97. The molecule has 0 spiro atoms. The van der Waals surface area contributed by atoms with E-state index in [1.165, 1.54) is 14.2 Å². The number of pyridine rings is 1. The van der Waals surface area contributed by atoms with Crippen molar-refractivity contribution < 1.29 is 24.0 Å². The Morgan fingerprint density at radius 1 is 1.23 bits per heavy atom. The normalized spacial score (nSPS) is 16.0. The molecule has 0 saturated carbocycles. The third-order valence-corrected chi connectivity index (χ3v) is 3.53. The van der Waals surface area contributed by atoms with Crippen LogP contribution >= 0.6 is 0 Å². The van der Waals surface area contributed by atoms with Crippen LogP contribution in [-0.4, -0.2) is 20.2 Å². The first-order valence-electron chi connectivity index (χ1n) is 6.84. The maximum atomic E-state index is 12.2. The SMILES string of the molecule is COc1ccc2c(c1OC)C(=O)O[C@@H]2Nc1cc(C)cc[nH+]1. The maximum absolute atomic E-state index is 12.2. The van der Waals surface area contributed by atoms with E-state index in [9.17, 15) is 4.79 Å². The number of rotatable bonds is 4. The van der Waals surface area contributed by atoms with Crippen molar-refractivity contribution in [2.45, 2.75) is 13.2 Å². The molecule has 1 aromatic heterocycles. The number of aryl methyl sites for hydroxylation is 1. The van der Waals surface area contributed by atoms with Crippen molar-refractivity contribution in [3.63, 3.8) is 0 Å². The number of benzene rings is 1. The highest BCUT2D eigenvalue weighted by molar-refractivity contribution is 5.98. The van der Waals surface area contributed by atoms with Crippen LogP contribution in [0.1, 0.15) is 27.7 Å². The van der Waals surface area contributed by atoms with Crippen LogP contribution < -0.4 is 19.8 Å². The van der Waals surface area contributed by atoms with Gasteiger partial charge >= 0.3 is 5.97 Å². The van der Waals surface area contributed by atoms with Crippen LogP contribution in [0, 0.1) is 6.92 Å². The molecule has 114 valence electrons. The van der Waals surface area contributed by atoms with Crippen molar-refractivity contribution in [3.05, 3.63) is 47.2 Å². The minimum atomic E-state index is -0.569. The lowest BCUT2D eigenvalue weighted by atomic mass is 10.1. The number of aromatic amines is 1. The summed E-state index contributed by atoms with van der Waals surface area (Å²) in [6, 6.07) is 7.45. The Labute approximate surface area is 128 Å². The van der Waals surface area contributed by atoms with Crippen LogP contribution in [0.15, 0.2) is 30.5 Å². The lowest BCUT2D eigenvalue weighted by Crippen LogP contribution is -2.17. The van der Waals surface area contributed by atoms with Gasteiger partial charge < -0.3 is 14.2 Å². The monoisotopic (exact) mass is 301 g/mol. The number of hydrogen-bond acceptors (Lipinski definition) is 5. The molecule has 2 heterocycles. The number of nitrogens with one attached hydrogen (secondary N) is 2. The largest absolute Gasteiger partial charge is 0.493 e.